The maximum Gasteiger partial charge on any atom is 0.00672 e. The Balaban J connectivity index is 1.43. The molecular weight excluding hydrogens is 206 g/mol. The zero-order chi connectivity index (χ0) is 11.7. The van der Waals surface area contributed by atoms with Gasteiger partial charge in [-0.3, -0.25) is 0 Å². The van der Waals surface area contributed by atoms with Gasteiger partial charge in [0.1, 0.15) is 0 Å². The van der Waals surface area contributed by atoms with Gasteiger partial charge in [0, 0.05) is 6.04 Å². The Morgan fingerprint density at radius 3 is 2.76 bits per heavy atom. The smallest absolute Gasteiger partial charge is 0.00672 e. The molecule has 0 aromatic rings. The highest BCUT2D eigenvalue weighted by molar-refractivity contribution is 5.10. The van der Waals surface area contributed by atoms with Crippen LogP contribution in [0.2, 0.25) is 0 Å². The highest BCUT2D eigenvalue weighted by Crippen LogP contribution is 2.43. The second-order valence-corrected chi connectivity index (χ2v) is 6.76. The molecule has 96 valence electrons. The fourth-order valence-electron chi connectivity index (χ4n) is 4.14. The third kappa shape index (κ3) is 2.76. The summed E-state index contributed by atoms with van der Waals surface area (Å²) in [6, 6.07) is 0.822. The van der Waals surface area contributed by atoms with Crippen molar-refractivity contribution < 1.29 is 0 Å². The highest BCUT2D eigenvalue weighted by Gasteiger charge is 2.35. The van der Waals surface area contributed by atoms with Crippen LogP contribution in [-0.4, -0.2) is 12.6 Å². The summed E-state index contributed by atoms with van der Waals surface area (Å²) in [4.78, 5) is 0. The van der Waals surface area contributed by atoms with Gasteiger partial charge in [0.05, 0.1) is 0 Å². The van der Waals surface area contributed by atoms with E-state index in [1.54, 1.807) is 0 Å². The molecule has 1 N–H and O–H groups in total. The zero-order valence-electron chi connectivity index (χ0n) is 11.2. The number of fused-ring (bicyclic) bond motifs is 2. The van der Waals surface area contributed by atoms with Crippen molar-refractivity contribution in [3.8, 4) is 0 Å². The van der Waals surface area contributed by atoms with Crippen molar-refractivity contribution in [2.45, 2.75) is 57.9 Å². The van der Waals surface area contributed by atoms with E-state index in [0.717, 1.165) is 29.7 Å². The predicted octanol–water partition coefficient (Wildman–Crippen LogP) is 3.76. The molecule has 0 aromatic heterocycles. The van der Waals surface area contributed by atoms with Crippen LogP contribution in [0.3, 0.4) is 0 Å². The molecule has 1 heteroatoms. The van der Waals surface area contributed by atoms with Gasteiger partial charge in [0.15, 0.2) is 0 Å². The Morgan fingerprint density at radius 1 is 1.06 bits per heavy atom. The van der Waals surface area contributed by atoms with Crippen molar-refractivity contribution in [2.75, 3.05) is 6.54 Å². The number of allylic oxidation sites excluding steroid dienone is 2. The molecule has 0 radical (unpaired) electrons. The zero-order valence-corrected chi connectivity index (χ0v) is 11.2. The Kier molecular flexibility index (Phi) is 3.56. The lowest BCUT2D eigenvalue weighted by molar-refractivity contribution is 0.363. The summed E-state index contributed by atoms with van der Waals surface area (Å²) in [6.45, 7) is 3.70. The van der Waals surface area contributed by atoms with Gasteiger partial charge in [0.2, 0.25) is 0 Å². The lowest BCUT2D eigenvalue weighted by Crippen LogP contribution is -2.34. The van der Waals surface area contributed by atoms with E-state index < -0.39 is 0 Å². The maximum absolute atomic E-state index is 3.88. The minimum Gasteiger partial charge on any atom is -0.314 e. The van der Waals surface area contributed by atoms with Crippen LogP contribution in [0.25, 0.3) is 0 Å². The summed E-state index contributed by atoms with van der Waals surface area (Å²) in [5.41, 5.74) is 0. The first-order valence-corrected chi connectivity index (χ1v) is 7.73. The molecule has 17 heavy (non-hydrogen) atoms. The molecule has 0 aliphatic heterocycles. The second kappa shape index (κ2) is 5.14. The first kappa shape index (κ1) is 11.8. The van der Waals surface area contributed by atoms with Gasteiger partial charge < -0.3 is 5.32 Å². The molecule has 3 aliphatic carbocycles. The van der Waals surface area contributed by atoms with Crippen molar-refractivity contribution in [2.24, 2.45) is 23.7 Å². The Hall–Kier alpha value is -0.300. The topological polar surface area (TPSA) is 12.0 Å². The van der Waals surface area contributed by atoms with Crippen LogP contribution in [-0.2, 0) is 0 Å². The summed E-state index contributed by atoms with van der Waals surface area (Å²) in [7, 11) is 0. The van der Waals surface area contributed by atoms with Crippen LogP contribution in [0.15, 0.2) is 12.2 Å². The molecule has 0 heterocycles. The van der Waals surface area contributed by atoms with Gasteiger partial charge in [-0.15, -0.1) is 0 Å². The van der Waals surface area contributed by atoms with E-state index in [1.807, 2.05) is 0 Å². The second-order valence-electron chi connectivity index (χ2n) is 6.76. The molecule has 5 unspecified atom stereocenters. The summed E-state index contributed by atoms with van der Waals surface area (Å²) >= 11 is 0. The van der Waals surface area contributed by atoms with Crippen molar-refractivity contribution in [3.05, 3.63) is 12.2 Å². The first-order chi connectivity index (χ1) is 8.31. The molecule has 3 rings (SSSR count). The van der Waals surface area contributed by atoms with Gasteiger partial charge in [-0.2, -0.15) is 0 Å². The lowest BCUT2D eigenvalue weighted by atomic mass is 9.93. The van der Waals surface area contributed by atoms with Crippen LogP contribution in [0, 0.1) is 23.7 Å². The number of nitrogens with one attached hydrogen (secondary N) is 1. The first-order valence-electron chi connectivity index (χ1n) is 7.73. The molecule has 5 atom stereocenters. The van der Waals surface area contributed by atoms with Crippen LogP contribution in [0.5, 0.6) is 0 Å². The molecule has 2 saturated carbocycles. The Bertz CT molecular complexity index is 283. The third-order valence-electron chi connectivity index (χ3n) is 5.34. The fraction of sp³-hybridized carbons (Fsp3) is 0.875. The molecule has 3 aliphatic rings. The van der Waals surface area contributed by atoms with Crippen LogP contribution in [0.1, 0.15) is 51.9 Å². The molecule has 2 bridgehead atoms. The molecule has 1 nitrogen and oxygen atoms in total. The van der Waals surface area contributed by atoms with Crippen molar-refractivity contribution in [3.63, 3.8) is 0 Å². The highest BCUT2D eigenvalue weighted by atomic mass is 14.9. The summed E-state index contributed by atoms with van der Waals surface area (Å²) in [5, 5.41) is 3.88. The molecule has 0 saturated heterocycles. The minimum atomic E-state index is 0.822. The van der Waals surface area contributed by atoms with E-state index in [1.165, 1.54) is 51.5 Å². The predicted molar refractivity (Wildman–Crippen MR) is 72.9 cm³/mol. The summed E-state index contributed by atoms with van der Waals surface area (Å²) in [6.07, 6.45) is 15.0. The van der Waals surface area contributed by atoms with Crippen molar-refractivity contribution in [1.29, 1.82) is 0 Å². The molecule has 2 fully saturated rings. The largest absolute Gasteiger partial charge is 0.314 e. The number of rotatable bonds is 3. The summed E-state index contributed by atoms with van der Waals surface area (Å²) < 4.78 is 0. The normalized spacial score (nSPS) is 45.1. The standard InChI is InChI=1S/C16H27N/c1-12-3-2-4-16(8-5-12)17-11-15-10-13-6-7-14(15)9-13/h6-7,12-17H,2-5,8-11H2,1H3. The lowest BCUT2D eigenvalue weighted by Gasteiger charge is -2.23. The molecular formula is C16H27N. The van der Waals surface area contributed by atoms with E-state index in [-0.39, 0.29) is 0 Å². The number of hydrogen-bond donors (Lipinski definition) is 1. The average molecular weight is 233 g/mol. The van der Waals surface area contributed by atoms with Gasteiger partial charge >= 0.3 is 0 Å². The van der Waals surface area contributed by atoms with Crippen LogP contribution in [0.4, 0.5) is 0 Å². The van der Waals surface area contributed by atoms with Crippen molar-refractivity contribution in [1.82, 2.24) is 5.32 Å². The van der Waals surface area contributed by atoms with Crippen LogP contribution >= 0.6 is 0 Å². The molecule has 0 amide bonds. The summed E-state index contributed by atoms with van der Waals surface area (Å²) in [5.74, 6) is 3.76. The van der Waals surface area contributed by atoms with Gasteiger partial charge in [-0.05, 0) is 62.3 Å². The van der Waals surface area contributed by atoms with Crippen LogP contribution < -0.4 is 5.32 Å². The van der Waals surface area contributed by atoms with E-state index in [4.69, 9.17) is 0 Å². The molecule has 0 aromatic carbocycles. The van der Waals surface area contributed by atoms with E-state index in [0.29, 0.717) is 0 Å². The Morgan fingerprint density at radius 2 is 2.00 bits per heavy atom. The van der Waals surface area contributed by atoms with Gasteiger partial charge in [-0.1, -0.05) is 31.9 Å². The van der Waals surface area contributed by atoms with E-state index in [9.17, 15) is 0 Å². The average Bonchev–Trinajstić information content (AvgIpc) is 2.88. The Labute approximate surface area is 106 Å². The number of hydrogen-bond acceptors (Lipinski definition) is 1. The van der Waals surface area contributed by atoms with Crippen molar-refractivity contribution >= 4 is 0 Å². The minimum absolute atomic E-state index is 0.822. The van der Waals surface area contributed by atoms with Gasteiger partial charge in [0.25, 0.3) is 0 Å². The third-order valence-corrected chi connectivity index (χ3v) is 5.34. The molecule has 0 spiro atoms. The van der Waals surface area contributed by atoms with E-state index in [2.05, 4.69) is 24.4 Å². The monoisotopic (exact) mass is 233 g/mol. The van der Waals surface area contributed by atoms with Gasteiger partial charge in [-0.25, -0.2) is 0 Å². The fourth-order valence-corrected chi connectivity index (χ4v) is 4.14. The maximum atomic E-state index is 3.88. The van der Waals surface area contributed by atoms with E-state index >= 15 is 0 Å². The quantitative estimate of drug-likeness (QED) is 0.578. The SMILES string of the molecule is CC1CCCC(NCC2CC3C=CC2C3)CC1.